The lowest BCUT2D eigenvalue weighted by Crippen LogP contribution is -2.54. The Morgan fingerprint density at radius 1 is 1.16 bits per heavy atom. The lowest BCUT2D eigenvalue weighted by Gasteiger charge is -2.40. The Bertz CT molecular complexity index is 338. The zero-order chi connectivity index (χ0) is 14.3. The van der Waals surface area contributed by atoms with Gasteiger partial charge in [0.2, 0.25) is 5.91 Å². The second kappa shape index (κ2) is 5.06. The lowest BCUT2D eigenvalue weighted by atomic mass is 9.94. The van der Waals surface area contributed by atoms with Crippen molar-refractivity contribution < 1.29 is 4.79 Å². The van der Waals surface area contributed by atoms with Crippen LogP contribution in [0.1, 0.15) is 41.0 Å². The number of rotatable bonds is 1. The van der Waals surface area contributed by atoms with Gasteiger partial charge in [-0.3, -0.25) is 9.69 Å². The van der Waals surface area contributed by atoms with Gasteiger partial charge in [0.15, 0.2) is 0 Å². The van der Waals surface area contributed by atoms with Crippen LogP contribution in [-0.2, 0) is 4.79 Å². The fourth-order valence-electron chi connectivity index (χ4n) is 3.15. The van der Waals surface area contributed by atoms with Gasteiger partial charge in [-0.25, -0.2) is 0 Å². The molecule has 2 saturated heterocycles. The third-order valence-electron chi connectivity index (χ3n) is 4.32. The highest BCUT2D eigenvalue weighted by Crippen LogP contribution is 2.24. The van der Waals surface area contributed by atoms with E-state index in [1.54, 1.807) is 0 Å². The summed E-state index contributed by atoms with van der Waals surface area (Å²) >= 11 is 0. The maximum absolute atomic E-state index is 12.2. The number of carbonyl (C=O) groups is 1. The highest BCUT2D eigenvalue weighted by molar-refractivity contribution is 5.81. The van der Waals surface area contributed by atoms with E-state index in [1.165, 1.54) is 6.42 Å². The van der Waals surface area contributed by atoms with Crippen LogP contribution in [0.4, 0.5) is 0 Å². The molecule has 0 saturated carbocycles. The Labute approximate surface area is 117 Å². The average Bonchev–Trinajstić information content (AvgIpc) is 2.68. The van der Waals surface area contributed by atoms with E-state index < -0.39 is 0 Å². The van der Waals surface area contributed by atoms with Crippen LogP contribution in [0.5, 0.6) is 0 Å². The highest BCUT2D eigenvalue weighted by Gasteiger charge is 2.36. The zero-order valence-electron chi connectivity index (χ0n) is 13.1. The summed E-state index contributed by atoms with van der Waals surface area (Å²) in [6.45, 7) is 15.4. The maximum atomic E-state index is 12.2. The van der Waals surface area contributed by atoms with E-state index >= 15 is 0 Å². The van der Waals surface area contributed by atoms with Crippen LogP contribution in [0, 0.1) is 5.41 Å². The molecule has 0 spiro atoms. The standard InChI is InChI=1S/C15H29N3O/c1-14(2,3)13(19)18-8-6-17(7-9-18)12-10-15(4,5)16-11-12/h12,16H,6-11H2,1-5H3. The van der Waals surface area contributed by atoms with Crippen molar-refractivity contribution in [3.05, 3.63) is 0 Å². The summed E-state index contributed by atoms with van der Waals surface area (Å²) in [5.74, 6) is 0.289. The molecular formula is C15H29N3O. The fraction of sp³-hybridized carbons (Fsp3) is 0.933. The predicted molar refractivity (Wildman–Crippen MR) is 78.1 cm³/mol. The van der Waals surface area contributed by atoms with Crippen molar-refractivity contribution >= 4 is 5.91 Å². The topological polar surface area (TPSA) is 35.6 Å². The molecule has 0 aromatic heterocycles. The molecule has 0 aromatic carbocycles. The van der Waals surface area contributed by atoms with Gasteiger partial charge in [0.05, 0.1) is 0 Å². The molecule has 1 unspecified atom stereocenters. The third-order valence-corrected chi connectivity index (χ3v) is 4.32. The molecule has 4 nitrogen and oxygen atoms in total. The molecule has 1 amide bonds. The molecule has 0 aromatic rings. The fourth-order valence-corrected chi connectivity index (χ4v) is 3.15. The van der Waals surface area contributed by atoms with E-state index in [-0.39, 0.29) is 16.9 Å². The first-order chi connectivity index (χ1) is 8.69. The summed E-state index contributed by atoms with van der Waals surface area (Å²) in [7, 11) is 0. The molecular weight excluding hydrogens is 238 g/mol. The van der Waals surface area contributed by atoms with Crippen molar-refractivity contribution in [2.45, 2.75) is 52.6 Å². The van der Waals surface area contributed by atoms with Gasteiger partial charge in [-0.15, -0.1) is 0 Å². The third kappa shape index (κ3) is 3.48. The van der Waals surface area contributed by atoms with Crippen LogP contribution >= 0.6 is 0 Å². The summed E-state index contributed by atoms with van der Waals surface area (Å²) in [6, 6.07) is 0.641. The molecule has 19 heavy (non-hydrogen) atoms. The van der Waals surface area contributed by atoms with Crippen molar-refractivity contribution in [3.63, 3.8) is 0 Å². The van der Waals surface area contributed by atoms with Gasteiger partial charge in [0.25, 0.3) is 0 Å². The second-order valence-electron chi connectivity index (χ2n) is 7.70. The summed E-state index contributed by atoms with van der Waals surface area (Å²) in [5.41, 5.74) is 0.0160. The molecule has 4 heteroatoms. The summed E-state index contributed by atoms with van der Waals surface area (Å²) in [4.78, 5) is 16.8. The van der Waals surface area contributed by atoms with E-state index in [4.69, 9.17) is 0 Å². The minimum absolute atomic E-state index is 0.251. The maximum Gasteiger partial charge on any atom is 0.228 e. The Morgan fingerprint density at radius 2 is 1.74 bits per heavy atom. The lowest BCUT2D eigenvalue weighted by molar-refractivity contribution is -0.141. The largest absolute Gasteiger partial charge is 0.340 e. The van der Waals surface area contributed by atoms with Crippen LogP contribution in [0.2, 0.25) is 0 Å². The molecule has 2 rings (SSSR count). The normalized spacial score (nSPS) is 28.7. The first kappa shape index (κ1) is 14.8. The van der Waals surface area contributed by atoms with Crippen molar-refractivity contribution in [1.82, 2.24) is 15.1 Å². The quantitative estimate of drug-likeness (QED) is 0.778. The molecule has 0 radical (unpaired) electrons. The zero-order valence-corrected chi connectivity index (χ0v) is 13.1. The van der Waals surface area contributed by atoms with Gasteiger partial charge in [-0.2, -0.15) is 0 Å². The second-order valence-corrected chi connectivity index (χ2v) is 7.70. The minimum Gasteiger partial charge on any atom is -0.340 e. The SMILES string of the molecule is CC1(C)CC(N2CCN(C(=O)C(C)(C)C)CC2)CN1. The van der Waals surface area contributed by atoms with E-state index in [0.717, 1.165) is 32.7 Å². The highest BCUT2D eigenvalue weighted by atomic mass is 16.2. The van der Waals surface area contributed by atoms with Crippen LogP contribution in [0.15, 0.2) is 0 Å². The molecule has 2 fully saturated rings. The van der Waals surface area contributed by atoms with Gasteiger partial charge >= 0.3 is 0 Å². The van der Waals surface area contributed by atoms with E-state index in [1.807, 2.05) is 25.7 Å². The van der Waals surface area contributed by atoms with Gasteiger partial charge in [0, 0.05) is 49.7 Å². The number of amides is 1. The molecule has 1 N–H and O–H groups in total. The molecule has 2 heterocycles. The van der Waals surface area contributed by atoms with Crippen LogP contribution in [0.3, 0.4) is 0 Å². The van der Waals surface area contributed by atoms with Crippen molar-refractivity contribution in [2.75, 3.05) is 32.7 Å². The van der Waals surface area contributed by atoms with E-state index in [0.29, 0.717) is 6.04 Å². The smallest absolute Gasteiger partial charge is 0.228 e. The minimum atomic E-state index is -0.251. The van der Waals surface area contributed by atoms with Gasteiger partial charge in [0.1, 0.15) is 0 Å². The molecule has 2 aliphatic rings. The first-order valence-electron chi connectivity index (χ1n) is 7.47. The molecule has 110 valence electrons. The van der Waals surface area contributed by atoms with Crippen molar-refractivity contribution in [1.29, 1.82) is 0 Å². The van der Waals surface area contributed by atoms with Gasteiger partial charge in [-0.05, 0) is 20.3 Å². The van der Waals surface area contributed by atoms with Crippen molar-refractivity contribution in [3.8, 4) is 0 Å². The summed E-state index contributed by atoms with van der Waals surface area (Å²) in [6.07, 6.45) is 1.21. The monoisotopic (exact) mass is 267 g/mol. The molecule has 2 aliphatic heterocycles. The summed E-state index contributed by atoms with van der Waals surface area (Å²) in [5, 5.41) is 3.58. The number of carbonyl (C=O) groups excluding carboxylic acids is 1. The van der Waals surface area contributed by atoms with Gasteiger partial charge < -0.3 is 10.2 Å². The van der Waals surface area contributed by atoms with E-state index in [9.17, 15) is 4.79 Å². The number of nitrogens with one attached hydrogen (secondary N) is 1. The van der Waals surface area contributed by atoms with Crippen molar-refractivity contribution in [2.24, 2.45) is 5.41 Å². The Morgan fingerprint density at radius 3 is 2.16 bits per heavy atom. The Hall–Kier alpha value is -0.610. The number of hydrogen-bond donors (Lipinski definition) is 1. The number of nitrogens with zero attached hydrogens (tertiary/aromatic N) is 2. The molecule has 1 atom stereocenters. The molecule has 0 bridgehead atoms. The molecule has 0 aliphatic carbocycles. The Balaban J connectivity index is 1.85. The summed E-state index contributed by atoms with van der Waals surface area (Å²) < 4.78 is 0. The number of hydrogen-bond acceptors (Lipinski definition) is 3. The van der Waals surface area contributed by atoms with Crippen LogP contribution in [0.25, 0.3) is 0 Å². The van der Waals surface area contributed by atoms with Crippen LogP contribution < -0.4 is 5.32 Å². The van der Waals surface area contributed by atoms with Crippen LogP contribution in [-0.4, -0.2) is 60.0 Å². The predicted octanol–water partition coefficient (Wildman–Crippen LogP) is 1.32. The van der Waals surface area contributed by atoms with E-state index in [2.05, 4.69) is 24.1 Å². The average molecular weight is 267 g/mol. The Kier molecular flexibility index (Phi) is 3.94. The van der Waals surface area contributed by atoms with Gasteiger partial charge in [-0.1, -0.05) is 20.8 Å². The first-order valence-corrected chi connectivity index (χ1v) is 7.47. The number of piperazine rings is 1.